The van der Waals surface area contributed by atoms with Gasteiger partial charge in [-0.15, -0.1) is 0 Å². The van der Waals surface area contributed by atoms with Crippen LogP contribution in [0, 0.1) is 6.92 Å². The van der Waals surface area contributed by atoms with Crippen molar-refractivity contribution < 1.29 is 13.6 Å². The van der Waals surface area contributed by atoms with E-state index in [1.165, 1.54) is 0 Å². The molecule has 0 fully saturated rings. The number of hydrogen-bond donors (Lipinski definition) is 1. The number of aromatic nitrogens is 2. The molecule has 0 aliphatic carbocycles. The number of rotatable bonds is 4. The normalized spacial score (nSPS) is 10.8. The summed E-state index contributed by atoms with van der Waals surface area (Å²) in [4.78, 5) is 12.1. The van der Waals surface area contributed by atoms with Crippen molar-refractivity contribution in [2.24, 2.45) is 7.05 Å². The summed E-state index contributed by atoms with van der Waals surface area (Å²) in [6, 6.07) is 6.88. The van der Waals surface area contributed by atoms with Gasteiger partial charge in [-0.1, -0.05) is 0 Å². The van der Waals surface area contributed by atoms with E-state index >= 15 is 0 Å². The number of amides is 1. The lowest BCUT2D eigenvalue weighted by Gasteiger charge is -2.02. The fourth-order valence-electron chi connectivity index (χ4n) is 1.99. The Bertz CT molecular complexity index is 753. The van der Waals surface area contributed by atoms with Gasteiger partial charge in [-0.2, -0.15) is 5.10 Å². The molecule has 0 aliphatic heterocycles. The number of nitrogens with one attached hydrogen (secondary N) is 1. The molecule has 6 nitrogen and oxygen atoms in total. The van der Waals surface area contributed by atoms with Gasteiger partial charge in [0, 0.05) is 24.8 Å². The molecule has 0 atom stereocenters. The molecule has 3 aromatic heterocycles. The monoisotopic (exact) mass is 285 g/mol. The third-order valence-corrected chi connectivity index (χ3v) is 3.37. The smallest absolute Gasteiger partial charge is 0.287 e. The van der Waals surface area contributed by atoms with Gasteiger partial charge in [-0.3, -0.25) is 9.48 Å². The molecular formula is C15H15N3O3. The van der Waals surface area contributed by atoms with Gasteiger partial charge in [0.05, 0.1) is 12.5 Å². The Kier molecular flexibility index (Phi) is 3.35. The maximum Gasteiger partial charge on any atom is 0.287 e. The van der Waals surface area contributed by atoms with Crippen molar-refractivity contribution in [3.63, 3.8) is 0 Å². The maximum absolute atomic E-state index is 12.1. The highest BCUT2D eigenvalue weighted by atomic mass is 16.4. The van der Waals surface area contributed by atoms with Gasteiger partial charge in [0.25, 0.3) is 5.91 Å². The Morgan fingerprint density at radius 2 is 2.19 bits per heavy atom. The van der Waals surface area contributed by atoms with Crippen molar-refractivity contribution in [2.75, 3.05) is 0 Å². The Morgan fingerprint density at radius 3 is 2.86 bits per heavy atom. The summed E-state index contributed by atoms with van der Waals surface area (Å²) < 4.78 is 12.5. The molecule has 0 unspecified atom stereocenters. The quantitative estimate of drug-likeness (QED) is 0.799. The van der Waals surface area contributed by atoms with E-state index in [2.05, 4.69) is 10.4 Å². The van der Waals surface area contributed by atoms with Crippen molar-refractivity contribution in [3.05, 3.63) is 53.7 Å². The van der Waals surface area contributed by atoms with E-state index in [0.717, 1.165) is 11.3 Å². The second-order valence-corrected chi connectivity index (χ2v) is 4.70. The van der Waals surface area contributed by atoms with Crippen LogP contribution in [0.15, 0.2) is 45.6 Å². The van der Waals surface area contributed by atoms with Gasteiger partial charge >= 0.3 is 0 Å². The molecule has 1 N–H and O–H groups in total. The SMILES string of the molecule is Cc1c(CNC(=O)c2ccc(-c3ccco3)o2)cnn1C. The van der Waals surface area contributed by atoms with E-state index in [0.29, 0.717) is 18.1 Å². The van der Waals surface area contributed by atoms with Crippen molar-refractivity contribution in [1.29, 1.82) is 0 Å². The molecule has 3 heterocycles. The average Bonchev–Trinajstić information content (AvgIpc) is 3.19. The molecule has 0 aliphatic rings. The number of nitrogens with zero attached hydrogens (tertiary/aromatic N) is 2. The van der Waals surface area contributed by atoms with Gasteiger partial charge in [0.2, 0.25) is 0 Å². The molecule has 0 aromatic carbocycles. The zero-order valence-electron chi connectivity index (χ0n) is 11.8. The lowest BCUT2D eigenvalue weighted by atomic mass is 10.2. The van der Waals surface area contributed by atoms with Crippen LogP contribution in [0.25, 0.3) is 11.5 Å². The summed E-state index contributed by atoms with van der Waals surface area (Å²) in [5.41, 5.74) is 2.00. The molecule has 0 spiro atoms. The molecule has 0 radical (unpaired) electrons. The molecular weight excluding hydrogens is 270 g/mol. The van der Waals surface area contributed by atoms with Crippen LogP contribution in [0.4, 0.5) is 0 Å². The summed E-state index contributed by atoms with van der Waals surface area (Å²) in [6.45, 7) is 2.37. The lowest BCUT2D eigenvalue weighted by Crippen LogP contribution is -2.22. The minimum atomic E-state index is -0.268. The number of aryl methyl sites for hydroxylation is 1. The summed E-state index contributed by atoms with van der Waals surface area (Å²) in [6.07, 6.45) is 3.30. The Balaban J connectivity index is 1.67. The second-order valence-electron chi connectivity index (χ2n) is 4.70. The van der Waals surface area contributed by atoms with Crippen molar-refractivity contribution in [2.45, 2.75) is 13.5 Å². The molecule has 3 rings (SSSR count). The van der Waals surface area contributed by atoms with Gasteiger partial charge in [-0.05, 0) is 31.2 Å². The standard InChI is InChI=1S/C15H15N3O3/c1-10-11(9-17-18(10)2)8-16-15(19)14-6-5-13(21-14)12-4-3-7-20-12/h3-7,9H,8H2,1-2H3,(H,16,19). The third-order valence-electron chi connectivity index (χ3n) is 3.37. The molecule has 0 bridgehead atoms. The van der Waals surface area contributed by atoms with E-state index in [-0.39, 0.29) is 11.7 Å². The minimum Gasteiger partial charge on any atom is -0.461 e. The summed E-state index contributed by atoms with van der Waals surface area (Å²) in [7, 11) is 1.86. The second kappa shape index (κ2) is 5.32. The molecule has 21 heavy (non-hydrogen) atoms. The highest BCUT2D eigenvalue weighted by Gasteiger charge is 2.14. The fourth-order valence-corrected chi connectivity index (χ4v) is 1.99. The number of furan rings is 2. The van der Waals surface area contributed by atoms with E-state index < -0.39 is 0 Å². The largest absolute Gasteiger partial charge is 0.461 e. The van der Waals surface area contributed by atoms with E-state index in [9.17, 15) is 4.79 Å². The van der Waals surface area contributed by atoms with Crippen LogP contribution in [0.1, 0.15) is 21.8 Å². The first-order chi connectivity index (χ1) is 10.1. The first-order valence-electron chi connectivity index (χ1n) is 6.54. The molecule has 0 saturated heterocycles. The van der Waals surface area contributed by atoms with E-state index in [4.69, 9.17) is 8.83 Å². The Morgan fingerprint density at radius 1 is 1.33 bits per heavy atom. The van der Waals surface area contributed by atoms with Crippen molar-refractivity contribution in [1.82, 2.24) is 15.1 Å². The first kappa shape index (κ1) is 13.2. The van der Waals surface area contributed by atoms with Crippen LogP contribution >= 0.6 is 0 Å². The summed E-state index contributed by atoms with van der Waals surface area (Å²) >= 11 is 0. The van der Waals surface area contributed by atoms with Gasteiger partial charge < -0.3 is 14.2 Å². The zero-order valence-corrected chi connectivity index (χ0v) is 11.8. The Labute approximate surface area is 121 Å². The van der Waals surface area contributed by atoms with Gasteiger partial charge in [0.15, 0.2) is 17.3 Å². The molecule has 1 amide bonds. The maximum atomic E-state index is 12.1. The predicted molar refractivity (Wildman–Crippen MR) is 75.5 cm³/mol. The topological polar surface area (TPSA) is 73.2 Å². The highest BCUT2D eigenvalue weighted by Crippen LogP contribution is 2.22. The molecule has 0 saturated carbocycles. The number of carbonyl (C=O) groups excluding carboxylic acids is 1. The molecule has 108 valence electrons. The average molecular weight is 285 g/mol. The van der Waals surface area contributed by atoms with Crippen LogP contribution in [0.2, 0.25) is 0 Å². The van der Waals surface area contributed by atoms with Crippen LogP contribution in [0.3, 0.4) is 0 Å². The zero-order chi connectivity index (χ0) is 14.8. The first-order valence-corrected chi connectivity index (χ1v) is 6.54. The predicted octanol–water partition coefficient (Wildman–Crippen LogP) is 2.51. The highest BCUT2D eigenvalue weighted by molar-refractivity contribution is 5.91. The van der Waals surface area contributed by atoms with Crippen LogP contribution in [-0.4, -0.2) is 15.7 Å². The van der Waals surface area contributed by atoms with Crippen molar-refractivity contribution in [3.8, 4) is 11.5 Å². The van der Waals surface area contributed by atoms with Crippen LogP contribution in [-0.2, 0) is 13.6 Å². The fraction of sp³-hybridized carbons (Fsp3) is 0.200. The van der Waals surface area contributed by atoms with Gasteiger partial charge in [-0.25, -0.2) is 0 Å². The molecule has 6 heteroatoms. The van der Waals surface area contributed by atoms with Gasteiger partial charge in [0.1, 0.15) is 0 Å². The van der Waals surface area contributed by atoms with E-state index in [1.807, 2.05) is 14.0 Å². The Hall–Kier alpha value is -2.76. The van der Waals surface area contributed by atoms with Crippen LogP contribution < -0.4 is 5.32 Å². The van der Waals surface area contributed by atoms with Crippen molar-refractivity contribution >= 4 is 5.91 Å². The van der Waals surface area contributed by atoms with Crippen LogP contribution in [0.5, 0.6) is 0 Å². The summed E-state index contributed by atoms with van der Waals surface area (Å²) in [5.74, 6) is 1.11. The minimum absolute atomic E-state index is 0.253. The lowest BCUT2D eigenvalue weighted by molar-refractivity contribution is 0.0924. The number of hydrogen-bond acceptors (Lipinski definition) is 4. The van der Waals surface area contributed by atoms with E-state index in [1.54, 1.807) is 41.4 Å². The molecule has 3 aromatic rings. The third kappa shape index (κ3) is 2.60. The summed E-state index contributed by atoms with van der Waals surface area (Å²) in [5, 5.41) is 6.95. The number of carbonyl (C=O) groups is 1.